The molecule has 2 heterocycles. The van der Waals surface area contributed by atoms with Gasteiger partial charge in [-0.15, -0.1) is 0 Å². The summed E-state index contributed by atoms with van der Waals surface area (Å²) in [7, 11) is 0. The quantitative estimate of drug-likeness (QED) is 0.836. The Morgan fingerprint density at radius 3 is 3.06 bits per heavy atom. The van der Waals surface area contributed by atoms with E-state index in [9.17, 15) is 9.90 Å². The van der Waals surface area contributed by atoms with Crippen molar-refractivity contribution in [2.45, 2.75) is 12.5 Å². The molecule has 0 spiro atoms. The van der Waals surface area contributed by atoms with Crippen LogP contribution in [0.15, 0.2) is 22.8 Å². The Kier molecular flexibility index (Phi) is 2.41. The fourth-order valence-electron chi connectivity index (χ4n) is 2.07. The zero-order chi connectivity index (χ0) is 12.0. The number of hydrogen-bond donors (Lipinski definition) is 2. The standard InChI is InChI=1S/C11H10BrN3O2/c12-11-8-2-1-6(3-9(8)13-14-11)15-5-7(16)4-10(15)17/h1-3,7,16H,4-5H2,(H,13,14). The molecule has 1 atom stereocenters. The molecular weight excluding hydrogens is 286 g/mol. The minimum atomic E-state index is -0.566. The van der Waals surface area contributed by atoms with Gasteiger partial charge in [-0.1, -0.05) is 0 Å². The third-order valence-electron chi connectivity index (χ3n) is 2.91. The maximum Gasteiger partial charge on any atom is 0.229 e. The van der Waals surface area contributed by atoms with Crippen LogP contribution in [0.3, 0.4) is 0 Å². The Bertz CT molecular complexity index is 595. The van der Waals surface area contributed by atoms with E-state index in [0.29, 0.717) is 6.54 Å². The molecule has 88 valence electrons. The molecule has 0 radical (unpaired) electrons. The maximum absolute atomic E-state index is 11.7. The molecule has 0 bridgehead atoms. The average Bonchev–Trinajstić information content (AvgIpc) is 2.82. The van der Waals surface area contributed by atoms with Crippen LogP contribution >= 0.6 is 15.9 Å². The SMILES string of the molecule is O=C1CC(O)CN1c1ccc2c(Br)[nH]nc2c1. The number of rotatable bonds is 1. The van der Waals surface area contributed by atoms with Crippen LogP contribution in [0.1, 0.15) is 6.42 Å². The van der Waals surface area contributed by atoms with Crippen molar-refractivity contribution in [2.75, 3.05) is 11.4 Å². The van der Waals surface area contributed by atoms with Gasteiger partial charge in [0.2, 0.25) is 5.91 Å². The molecule has 2 N–H and O–H groups in total. The van der Waals surface area contributed by atoms with Crippen LogP contribution in [0.2, 0.25) is 0 Å². The molecule has 3 rings (SSSR count). The summed E-state index contributed by atoms with van der Waals surface area (Å²) >= 11 is 3.36. The number of nitrogens with one attached hydrogen (secondary N) is 1. The molecule has 1 aromatic heterocycles. The van der Waals surface area contributed by atoms with E-state index in [1.165, 1.54) is 0 Å². The van der Waals surface area contributed by atoms with E-state index < -0.39 is 6.10 Å². The van der Waals surface area contributed by atoms with Gasteiger partial charge in [0.1, 0.15) is 4.60 Å². The number of aliphatic hydroxyl groups excluding tert-OH is 1. The normalized spacial score (nSPS) is 20.5. The minimum absolute atomic E-state index is 0.0496. The van der Waals surface area contributed by atoms with E-state index in [1.54, 1.807) is 4.90 Å². The molecule has 1 saturated heterocycles. The minimum Gasteiger partial charge on any atom is -0.391 e. The van der Waals surface area contributed by atoms with Crippen molar-refractivity contribution in [1.82, 2.24) is 10.2 Å². The van der Waals surface area contributed by atoms with Gasteiger partial charge in [0.05, 0.1) is 24.6 Å². The summed E-state index contributed by atoms with van der Waals surface area (Å²) in [4.78, 5) is 13.2. The van der Waals surface area contributed by atoms with Crippen LogP contribution in [-0.2, 0) is 4.79 Å². The number of carbonyl (C=O) groups excluding carboxylic acids is 1. The van der Waals surface area contributed by atoms with Crippen LogP contribution in [0.4, 0.5) is 5.69 Å². The van der Waals surface area contributed by atoms with Crippen molar-refractivity contribution in [1.29, 1.82) is 0 Å². The number of anilines is 1. The van der Waals surface area contributed by atoms with Gasteiger partial charge in [0.25, 0.3) is 0 Å². The third-order valence-corrected chi connectivity index (χ3v) is 3.51. The summed E-state index contributed by atoms with van der Waals surface area (Å²) < 4.78 is 0.826. The van der Waals surface area contributed by atoms with Gasteiger partial charge in [0, 0.05) is 11.1 Å². The highest BCUT2D eigenvalue weighted by molar-refractivity contribution is 9.10. The van der Waals surface area contributed by atoms with Gasteiger partial charge >= 0.3 is 0 Å². The Morgan fingerprint density at radius 1 is 1.53 bits per heavy atom. The molecule has 5 nitrogen and oxygen atoms in total. The number of aliphatic hydroxyl groups is 1. The van der Waals surface area contributed by atoms with Crippen LogP contribution < -0.4 is 4.90 Å². The van der Waals surface area contributed by atoms with Crippen LogP contribution in [0.5, 0.6) is 0 Å². The smallest absolute Gasteiger partial charge is 0.229 e. The van der Waals surface area contributed by atoms with Gasteiger partial charge < -0.3 is 10.0 Å². The molecule has 0 saturated carbocycles. The fourth-order valence-corrected chi connectivity index (χ4v) is 2.50. The maximum atomic E-state index is 11.7. The van der Waals surface area contributed by atoms with Crippen LogP contribution in [0.25, 0.3) is 10.9 Å². The number of H-pyrrole nitrogens is 1. The Morgan fingerprint density at radius 2 is 2.35 bits per heavy atom. The number of β-amino-alcohol motifs (C(OH)–C–C–N with tert-alkyl or cyclic N) is 1. The first-order valence-electron chi connectivity index (χ1n) is 5.27. The second kappa shape index (κ2) is 3.82. The predicted molar refractivity (Wildman–Crippen MR) is 66.8 cm³/mol. The molecule has 1 aliphatic heterocycles. The molecule has 1 aliphatic rings. The highest BCUT2D eigenvalue weighted by Crippen LogP contribution is 2.28. The zero-order valence-electron chi connectivity index (χ0n) is 8.85. The topological polar surface area (TPSA) is 69.2 Å². The lowest BCUT2D eigenvalue weighted by molar-refractivity contribution is -0.117. The lowest BCUT2D eigenvalue weighted by Gasteiger charge is -2.15. The highest BCUT2D eigenvalue weighted by Gasteiger charge is 2.29. The highest BCUT2D eigenvalue weighted by atomic mass is 79.9. The number of nitrogens with zero attached hydrogens (tertiary/aromatic N) is 2. The van der Waals surface area contributed by atoms with E-state index in [2.05, 4.69) is 26.1 Å². The van der Waals surface area contributed by atoms with Gasteiger partial charge in [-0.3, -0.25) is 9.89 Å². The summed E-state index contributed by atoms with van der Waals surface area (Å²) in [6, 6.07) is 5.60. The Balaban J connectivity index is 2.03. The third kappa shape index (κ3) is 1.73. The summed E-state index contributed by atoms with van der Waals surface area (Å²) in [6.07, 6.45) is -0.369. The predicted octanol–water partition coefficient (Wildman–Crippen LogP) is 1.42. The van der Waals surface area contributed by atoms with E-state index >= 15 is 0 Å². The molecule has 17 heavy (non-hydrogen) atoms. The summed E-state index contributed by atoms with van der Waals surface area (Å²) in [5, 5.41) is 17.4. The monoisotopic (exact) mass is 295 g/mol. The molecule has 0 aliphatic carbocycles. The molecule has 6 heteroatoms. The van der Waals surface area contributed by atoms with Gasteiger partial charge in [-0.05, 0) is 34.1 Å². The molecule has 1 amide bonds. The Hall–Kier alpha value is -1.40. The summed E-state index contributed by atoms with van der Waals surface area (Å²) in [6.45, 7) is 0.357. The number of fused-ring (bicyclic) bond motifs is 1. The second-order valence-corrected chi connectivity index (χ2v) is 4.89. The summed E-state index contributed by atoms with van der Waals surface area (Å²) in [5.41, 5.74) is 1.57. The van der Waals surface area contributed by atoms with Crippen LogP contribution in [-0.4, -0.2) is 33.9 Å². The number of amides is 1. The molecular formula is C11H10BrN3O2. The number of halogens is 1. The van der Waals surface area contributed by atoms with Gasteiger partial charge in [-0.2, -0.15) is 5.10 Å². The zero-order valence-corrected chi connectivity index (χ0v) is 10.4. The van der Waals surface area contributed by atoms with Gasteiger partial charge in [-0.25, -0.2) is 0 Å². The molecule has 1 aromatic carbocycles. The first-order valence-corrected chi connectivity index (χ1v) is 6.06. The van der Waals surface area contributed by atoms with Crippen molar-refractivity contribution in [2.24, 2.45) is 0 Å². The lowest BCUT2D eigenvalue weighted by atomic mass is 10.2. The van der Waals surface area contributed by atoms with E-state index in [-0.39, 0.29) is 12.3 Å². The molecule has 1 fully saturated rings. The van der Waals surface area contributed by atoms with Gasteiger partial charge in [0.15, 0.2) is 0 Å². The number of aromatic amines is 1. The van der Waals surface area contributed by atoms with E-state index in [1.807, 2.05) is 18.2 Å². The average molecular weight is 296 g/mol. The number of benzene rings is 1. The largest absolute Gasteiger partial charge is 0.391 e. The number of carbonyl (C=O) groups is 1. The Labute approximate surface area is 106 Å². The molecule has 2 aromatic rings. The lowest BCUT2D eigenvalue weighted by Crippen LogP contribution is -2.25. The van der Waals surface area contributed by atoms with Crippen molar-refractivity contribution in [3.05, 3.63) is 22.8 Å². The van der Waals surface area contributed by atoms with Crippen molar-refractivity contribution in [3.63, 3.8) is 0 Å². The first kappa shape index (κ1) is 10.7. The van der Waals surface area contributed by atoms with Crippen molar-refractivity contribution < 1.29 is 9.90 Å². The number of hydrogen-bond acceptors (Lipinski definition) is 3. The second-order valence-electron chi connectivity index (χ2n) is 4.10. The summed E-state index contributed by atoms with van der Waals surface area (Å²) in [5.74, 6) is -0.0496. The first-order chi connectivity index (χ1) is 8.15. The fraction of sp³-hybridized carbons (Fsp3) is 0.273. The molecule has 1 unspecified atom stereocenters. The number of aromatic nitrogens is 2. The van der Waals surface area contributed by atoms with Crippen LogP contribution in [0, 0.1) is 0 Å². The van der Waals surface area contributed by atoms with E-state index in [0.717, 1.165) is 21.2 Å². The van der Waals surface area contributed by atoms with Crippen molar-refractivity contribution >= 4 is 38.4 Å². The van der Waals surface area contributed by atoms with E-state index in [4.69, 9.17) is 0 Å². The van der Waals surface area contributed by atoms with Crippen molar-refractivity contribution in [3.8, 4) is 0 Å².